The molecule has 3 rings (SSSR count). The lowest BCUT2D eigenvalue weighted by Crippen LogP contribution is -2.36. The van der Waals surface area contributed by atoms with E-state index in [2.05, 4.69) is 5.32 Å². The molecule has 27 heavy (non-hydrogen) atoms. The Kier molecular flexibility index (Phi) is 6.11. The van der Waals surface area contributed by atoms with Gasteiger partial charge in [-0.15, -0.1) is 11.3 Å². The van der Waals surface area contributed by atoms with E-state index in [4.69, 9.17) is 10.00 Å². The highest BCUT2D eigenvalue weighted by molar-refractivity contribution is 7.89. The topological polar surface area (TPSA) is 99.5 Å². The normalized spacial score (nSPS) is 15.1. The number of sulfonamides is 1. The van der Waals surface area contributed by atoms with Gasteiger partial charge in [0.2, 0.25) is 10.0 Å². The number of nitrogens with one attached hydrogen (secondary N) is 1. The number of hydrogen-bond acceptors (Lipinski definition) is 6. The quantitative estimate of drug-likeness (QED) is 0.796. The van der Waals surface area contributed by atoms with Crippen LogP contribution in [0.1, 0.15) is 28.9 Å². The molecule has 1 aromatic heterocycles. The summed E-state index contributed by atoms with van der Waals surface area (Å²) < 4.78 is 32.5. The Bertz CT molecular complexity index is 957. The van der Waals surface area contributed by atoms with Gasteiger partial charge in [0.1, 0.15) is 21.6 Å². The molecule has 0 unspecified atom stereocenters. The minimum Gasteiger partial charge on any atom is -0.479 e. The highest BCUT2D eigenvalue weighted by Gasteiger charge is 2.31. The molecule has 9 heteroatoms. The first-order valence-electron chi connectivity index (χ1n) is 8.51. The van der Waals surface area contributed by atoms with E-state index in [1.165, 1.54) is 10.4 Å². The fraction of sp³-hybridized carbons (Fsp3) is 0.333. The maximum Gasteiger partial charge on any atom is 0.267 e. The van der Waals surface area contributed by atoms with Crippen LogP contribution in [0.3, 0.4) is 0 Å². The summed E-state index contributed by atoms with van der Waals surface area (Å²) in [6.07, 6.45) is 2.69. The van der Waals surface area contributed by atoms with Crippen molar-refractivity contribution in [2.45, 2.75) is 24.2 Å². The van der Waals surface area contributed by atoms with Crippen LogP contribution in [0.5, 0.6) is 5.75 Å². The van der Waals surface area contributed by atoms with E-state index in [0.717, 1.165) is 30.6 Å². The Labute approximate surface area is 162 Å². The summed E-state index contributed by atoms with van der Waals surface area (Å²) in [4.78, 5) is 12.9. The van der Waals surface area contributed by atoms with Crippen molar-refractivity contribution >= 4 is 33.0 Å². The van der Waals surface area contributed by atoms with Crippen LogP contribution in [-0.2, 0) is 10.0 Å². The zero-order valence-corrected chi connectivity index (χ0v) is 16.2. The van der Waals surface area contributed by atoms with Crippen molar-refractivity contribution in [2.24, 2.45) is 0 Å². The van der Waals surface area contributed by atoms with Crippen LogP contribution in [0, 0.1) is 11.3 Å². The van der Waals surface area contributed by atoms with Gasteiger partial charge in [0.25, 0.3) is 5.91 Å². The fourth-order valence-electron chi connectivity index (χ4n) is 2.88. The van der Waals surface area contributed by atoms with Gasteiger partial charge in [-0.05, 0) is 36.4 Å². The minimum absolute atomic E-state index is 0.0452. The zero-order valence-electron chi connectivity index (χ0n) is 14.6. The molecule has 2 heterocycles. The molecule has 1 saturated heterocycles. The van der Waals surface area contributed by atoms with E-state index in [1.807, 2.05) is 6.07 Å². The molecule has 1 aliphatic rings. The summed E-state index contributed by atoms with van der Waals surface area (Å²) in [5.74, 6) is -0.0419. The van der Waals surface area contributed by atoms with E-state index in [1.54, 1.807) is 29.6 Å². The summed E-state index contributed by atoms with van der Waals surface area (Å²) in [5, 5.41) is 12.9. The lowest BCUT2D eigenvalue weighted by atomic mass is 10.2. The molecule has 1 aliphatic heterocycles. The van der Waals surface area contributed by atoms with Gasteiger partial charge < -0.3 is 10.1 Å². The third-order valence-corrected chi connectivity index (χ3v) is 7.15. The first-order valence-corrected chi connectivity index (χ1v) is 10.8. The molecule has 0 bridgehead atoms. The van der Waals surface area contributed by atoms with Crippen molar-refractivity contribution in [2.75, 3.05) is 25.0 Å². The number of rotatable bonds is 6. The molecule has 142 valence electrons. The molecular formula is C18H19N3O4S2. The molecule has 2 aromatic rings. The first-order chi connectivity index (χ1) is 13.0. The smallest absolute Gasteiger partial charge is 0.267 e. The minimum atomic E-state index is -3.68. The number of nitriles is 1. The number of benzene rings is 1. The van der Waals surface area contributed by atoms with Crippen LogP contribution in [-0.4, -0.2) is 38.3 Å². The van der Waals surface area contributed by atoms with Crippen LogP contribution in [0.4, 0.5) is 5.69 Å². The van der Waals surface area contributed by atoms with Crippen molar-refractivity contribution in [3.63, 3.8) is 0 Å². The summed E-state index contributed by atoms with van der Waals surface area (Å²) in [7, 11) is -3.68. The monoisotopic (exact) mass is 405 g/mol. The van der Waals surface area contributed by atoms with Gasteiger partial charge in [-0.2, -0.15) is 9.57 Å². The summed E-state index contributed by atoms with van der Waals surface area (Å²) in [6.45, 7) is 0.871. The molecule has 0 radical (unpaired) electrons. The van der Waals surface area contributed by atoms with Crippen LogP contribution in [0.25, 0.3) is 0 Å². The Morgan fingerprint density at radius 2 is 2.04 bits per heavy atom. The number of thiophene rings is 1. The van der Waals surface area contributed by atoms with Gasteiger partial charge in [0.15, 0.2) is 6.61 Å². The number of nitrogens with zero attached hydrogens (tertiary/aromatic N) is 2. The lowest BCUT2D eigenvalue weighted by molar-refractivity contribution is 0.102. The van der Waals surface area contributed by atoms with Gasteiger partial charge in [-0.3, -0.25) is 4.79 Å². The Morgan fingerprint density at radius 1 is 1.26 bits per heavy atom. The third-order valence-electron chi connectivity index (χ3n) is 4.16. The SMILES string of the molecule is N#CCOc1cccc(NC(=O)c2sccc2S(=O)(=O)N2CCCCC2)c1. The van der Waals surface area contributed by atoms with E-state index >= 15 is 0 Å². The van der Waals surface area contributed by atoms with Crippen LogP contribution < -0.4 is 10.1 Å². The molecular weight excluding hydrogens is 386 g/mol. The lowest BCUT2D eigenvalue weighted by Gasteiger charge is -2.25. The average Bonchev–Trinajstić information content (AvgIpc) is 3.18. The highest BCUT2D eigenvalue weighted by atomic mass is 32.2. The molecule has 1 amide bonds. The summed E-state index contributed by atoms with van der Waals surface area (Å²) >= 11 is 1.09. The Hall–Kier alpha value is -2.41. The molecule has 0 atom stereocenters. The second kappa shape index (κ2) is 8.52. The Balaban J connectivity index is 1.79. The molecule has 1 N–H and O–H groups in total. The molecule has 7 nitrogen and oxygen atoms in total. The maximum atomic E-state index is 12.9. The number of amides is 1. The van der Waals surface area contributed by atoms with Gasteiger partial charge in [-0.1, -0.05) is 12.5 Å². The van der Waals surface area contributed by atoms with E-state index < -0.39 is 15.9 Å². The second-order valence-corrected chi connectivity index (χ2v) is 8.83. The standard InChI is InChI=1S/C18H19N3O4S2/c19-8-11-25-15-6-4-5-14(13-15)20-18(22)17-16(7-12-26-17)27(23,24)21-9-2-1-3-10-21/h4-7,12-13H,1-3,9-11H2,(H,20,22). The highest BCUT2D eigenvalue weighted by Crippen LogP contribution is 2.28. The first kappa shape index (κ1) is 19.4. The van der Waals surface area contributed by atoms with Gasteiger partial charge in [-0.25, -0.2) is 8.42 Å². The van der Waals surface area contributed by atoms with E-state index in [-0.39, 0.29) is 16.4 Å². The molecule has 1 aromatic carbocycles. The van der Waals surface area contributed by atoms with Gasteiger partial charge in [0.05, 0.1) is 0 Å². The molecule has 0 spiro atoms. The third kappa shape index (κ3) is 4.47. The van der Waals surface area contributed by atoms with Gasteiger partial charge >= 0.3 is 0 Å². The number of ether oxygens (including phenoxy) is 1. The largest absolute Gasteiger partial charge is 0.479 e. The van der Waals surface area contributed by atoms with Crippen LogP contribution in [0.15, 0.2) is 40.6 Å². The molecule has 0 saturated carbocycles. The van der Waals surface area contributed by atoms with Gasteiger partial charge in [0, 0.05) is 24.8 Å². The molecule has 0 aliphatic carbocycles. The number of carbonyl (C=O) groups excluding carboxylic acids is 1. The van der Waals surface area contributed by atoms with Crippen molar-refractivity contribution < 1.29 is 17.9 Å². The number of hydrogen-bond donors (Lipinski definition) is 1. The average molecular weight is 406 g/mol. The number of anilines is 1. The number of carbonyl (C=O) groups is 1. The summed E-state index contributed by atoms with van der Waals surface area (Å²) in [5.41, 5.74) is 0.463. The van der Waals surface area contributed by atoms with Crippen LogP contribution >= 0.6 is 11.3 Å². The fourth-order valence-corrected chi connectivity index (χ4v) is 5.69. The van der Waals surface area contributed by atoms with Crippen LogP contribution in [0.2, 0.25) is 0 Å². The van der Waals surface area contributed by atoms with E-state index in [9.17, 15) is 13.2 Å². The predicted octanol–water partition coefficient (Wildman–Crippen LogP) is 3.08. The van der Waals surface area contributed by atoms with Crippen molar-refractivity contribution in [1.82, 2.24) is 4.31 Å². The molecule has 1 fully saturated rings. The van der Waals surface area contributed by atoms with Crippen molar-refractivity contribution in [1.29, 1.82) is 5.26 Å². The zero-order chi connectivity index (χ0) is 19.3. The summed E-state index contributed by atoms with van der Waals surface area (Å²) in [6, 6.07) is 9.97. The van der Waals surface area contributed by atoms with Crippen molar-refractivity contribution in [3.05, 3.63) is 40.6 Å². The predicted molar refractivity (Wildman–Crippen MR) is 102 cm³/mol. The van der Waals surface area contributed by atoms with E-state index in [0.29, 0.717) is 24.5 Å². The second-order valence-electron chi connectivity index (χ2n) is 6.01. The number of piperidine rings is 1. The Morgan fingerprint density at radius 3 is 2.78 bits per heavy atom. The maximum absolute atomic E-state index is 12.9. The van der Waals surface area contributed by atoms with Crippen molar-refractivity contribution in [3.8, 4) is 11.8 Å².